The lowest BCUT2D eigenvalue weighted by Gasteiger charge is -2.07. The number of carbonyl (C=O) groups excluding carboxylic acids is 2. The van der Waals surface area contributed by atoms with Crippen molar-refractivity contribution in [3.63, 3.8) is 0 Å². The Morgan fingerprint density at radius 1 is 1.07 bits per heavy atom. The van der Waals surface area contributed by atoms with Crippen LogP contribution in [0, 0.1) is 6.92 Å². The van der Waals surface area contributed by atoms with Crippen LogP contribution in [0.2, 0.25) is 0 Å². The molecule has 0 spiro atoms. The molecule has 0 atom stereocenters. The summed E-state index contributed by atoms with van der Waals surface area (Å²) in [4.78, 5) is 32.7. The third kappa shape index (κ3) is 4.27. The van der Waals surface area contributed by atoms with Crippen LogP contribution in [-0.2, 0) is 7.05 Å². The molecule has 9 nitrogen and oxygen atoms in total. The zero-order valence-corrected chi connectivity index (χ0v) is 15.1. The Hall–Kier alpha value is -3.75. The van der Waals surface area contributed by atoms with Gasteiger partial charge in [-0.15, -0.1) is 5.10 Å². The second kappa shape index (κ2) is 7.65. The number of carbonyl (C=O) groups is 2. The largest absolute Gasteiger partial charge is 0.479 e. The predicted molar refractivity (Wildman–Crippen MR) is 98.9 cm³/mol. The van der Waals surface area contributed by atoms with Crippen LogP contribution in [-0.4, -0.2) is 38.7 Å². The van der Waals surface area contributed by atoms with Crippen LogP contribution in [0.15, 0.2) is 42.7 Å². The van der Waals surface area contributed by atoms with Crippen molar-refractivity contribution in [1.29, 1.82) is 0 Å². The fourth-order valence-electron chi connectivity index (χ4n) is 2.36. The van der Waals surface area contributed by atoms with Crippen molar-refractivity contribution < 1.29 is 14.3 Å². The number of nitrogens with one attached hydrogen (secondary N) is 2. The van der Waals surface area contributed by atoms with E-state index in [1.165, 1.54) is 11.8 Å². The zero-order valence-electron chi connectivity index (χ0n) is 15.1. The van der Waals surface area contributed by atoms with E-state index in [9.17, 15) is 9.59 Å². The molecule has 0 saturated carbocycles. The van der Waals surface area contributed by atoms with Crippen LogP contribution in [0.3, 0.4) is 0 Å². The Balaban J connectivity index is 1.67. The Labute approximate surface area is 155 Å². The monoisotopic (exact) mass is 366 g/mol. The molecule has 138 valence electrons. The molecule has 1 aromatic carbocycles. The van der Waals surface area contributed by atoms with Gasteiger partial charge in [-0.1, -0.05) is 0 Å². The van der Waals surface area contributed by atoms with Crippen molar-refractivity contribution in [2.24, 2.45) is 7.05 Å². The van der Waals surface area contributed by atoms with E-state index in [4.69, 9.17) is 4.74 Å². The van der Waals surface area contributed by atoms with E-state index in [0.717, 1.165) is 5.69 Å². The molecular formula is C18H18N6O3. The average molecular weight is 366 g/mol. The molecule has 2 heterocycles. The van der Waals surface area contributed by atoms with Gasteiger partial charge >= 0.3 is 0 Å². The van der Waals surface area contributed by atoms with E-state index < -0.39 is 0 Å². The van der Waals surface area contributed by atoms with Gasteiger partial charge in [0, 0.05) is 36.4 Å². The smallest absolute Gasteiger partial charge is 0.262 e. The lowest BCUT2D eigenvalue weighted by Crippen LogP contribution is -2.15. The van der Waals surface area contributed by atoms with Crippen molar-refractivity contribution >= 4 is 23.5 Å². The summed E-state index contributed by atoms with van der Waals surface area (Å²) in [5.74, 6) is -0.220. The summed E-state index contributed by atoms with van der Waals surface area (Å²) in [6, 6.07) is 8.20. The van der Waals surface area contributed by atoms with Crippen LogP contribution in [0.4, 0.5) is 11.6 Å². The maximum Gasteiger partial charge on any atom is 0.262 e. The molecule has 2 aromatic heterocycles. The maximum atomic E-state index is 12.4. The minimum absolute atomic E-state index is 0.237. The van der Waals surface area contributed by atoms with Crippen molar-refractivity contribution in [3.8, 4) is 5.88 Å². The molecule has 0 unspecified atom stereocenters. The standard InChI is InChI=1S/C18H18N6O3/c1-11-8-9-19-18(20-11)22-15(25)12-4-6-13(7-5-12)21-16(26)14-10-24(2)23-17(14)27-3/h4-10H,1-3H3,(H,21,26)(H,19,20,22,25). The van der Waals surface area contributed by atoms with Gasteiger partial charge in [0.25, 0.3) is 11.8 Å². The van der Waals surface area contributed by atoms with Crippen LogP contribution in [0.25, 0.3) is 0 Å². The summed E-state index contributed by atoms with van der Waals surface area (Å²) in [5, 5.41) is 9.41. The summed E-state index contributed by atoms with van der Waals surface area (Å²) in [6.45, 7) is 1.81. The first kappa shape index (κ1) is 18.1. The van der Waals surface area contributed by atoms with Gasteiger partial charge in [0.05, 0.1) is 7.11 Å². The first-order valence-electron chi connectivity index (χ1n) is 8.06. The Kier molecular flexibility index (Phi) is 5.11. The molecule has 2 amide bonds. The summed E-state index contributed by atoms with van der Waals surface area (Å²) >= 11 is 0. The number of benzene rings is 1. The normalized spacial score (nSPS) is 10.3. The van der Waals surface area contributed by atoms with Crippen LogP contribution >= 0.6 is 0 Å². The lowest BCUT2D eigenvalue weighted by molar-refractivity contribution is 0.101. The average Bonchev–Trinajstić information content (AvgIpc) is 3.03. The van der Waals surface area contributed by atoms with E-state index in [1.54, 1.807) is 49.8 Å². The molecule has 0 saturated heterocycles. The second-order valence-electron chi connectivity index (χ2n) is 5.73. The number of anilines is 2. The Morgan fingerprint density at radius 3 is 2.48 bits per heavy atom. The fourth-order valence-corrected chi connectivity index (χ4v) is 2.36. The van der Waals surface area contributed by atoms with Gasteiger partial charge in [0.2, 0.25) is 11.8 Å². The van der Waals surface area contributed by atoms with Crippen LogP contribution in [0.1, 0.15) is 26.4 Å². The minimum atomic E-state index is -0.356. The predicted octanol–water partition coefficient (Wildman–Crippen LogP) is 2.03. The molecule has 0 fully saturated rings. The second-order valence-corrected chi connectivity index (χ2v) is 5.73. The van der Waals surface area contributed by atoms with Gasteiger partial charge in [0.15, 0.2) is 0 Å². The van der Waals surface area contributed by atoms with Gasteiger partial charge < -0.3 is 10.1 Å². The lowest BCUT2D eigenvalue weighted by atomic mass is 10.2. The highest BCUT2D eigenvalue weighted by molar-refractivity contribution is 6.06. The molecule has 3 aromatic rings. The molecule has 0 radical (unpaired) electrons. The molecule has 0 aliphatic carbocycles. The van der Waals surface area contributed by atoms with Crippen molar-refractivity contribution in [3.05, 3.63) is 59.5 Å². The molecular weight excluding hydrogens is 348 g/mol. The molecule has 3 rings (SSSR count). The Bertz CT molecular complexity index is 981. The molecule has 0 aliphatic heterocycles. The minimum Gasteiger partial charge on any atom is -0.479 e. The molecule has 27 heavy (non-hydrogen) atoms. The summed E-state index contributed by atoms with van der Waals surface area (Å²) < 4.78 is 6.58. The first-order valence-corrected chi connectivity index (χ1v) is 8.06. The molecule has 2 N–H and O–H groups in total. The van der Waals surface area contributed by atoms with Crippen molar-refractivity contribution in [2.75, 3.05) is 17.7 Å². The van der Waals surface area contributed by atoms with Crippen LogP contribution < -0.4 is 15.4 Å². The van der Waals surface area contributed by atoms with Gasteiger partial charge in [-0.05, 0) is 37.3 Å². The highest BCUT2D eigenvalue weighted by atomic mass is 16.5. The number of rotatable bonds is 5. The third-order valence-corrected chi connectivity index (χ3v) is 3.66. The van der Waals surface area contributed by atoms with Gasteiger partial charge in [-0.25, -0.2) is 9.97 Å². The number of aryl methyl sites for hydroxylation is 2. The van der Waals surface area contributed by atoms with E-state index in [0.29, 0.717) is 16.8 Å². The number of aromatic nitrogens is 4. The summed E-state index contributed by atoms with van der Waals surface area (Å²) in [7, 11) is 3.15. The van der Waals surface area contributed by atoms with E-state index in [1.807, 2.05) is 6.92 Å². The highest BCUT2D eigenvalue weighted by Crippen LogP contribution is 2.18. The summed E-state index contributed by atoms with van der Waals surface area (Å²) in [6.07, 6.45) is 3.14. The number of methoxy groups -OCH3 is 1. The quantitative estimate of drug-likeness (QED) is 0.715. The molecule has 9 heteroatoms. The van der Waals surface area contributed by atoms with E-state index in [-0.39, 0.29) is 23.6 Å². The van der Waals surface area contributed by atoms with Gasteiger partial charge in [-0.3, -0.25) is 19.6 Å². The number of nitrogens with zero attached hydrogens (tertiary/aromatic N) is 4. The number of hydrogen-bond acceptors (Lipinski definition) is 6. The van der Waals surface area contributed by atoms with Gasteiger partial charge in [-0.2, -0.15) is 0 Å². The van der Waals surface area contributed by atoms with Crippen molar-refractivity contribution in [2.45, 2.75) is 6.92 Å². The summed E-state index contributed by atoms with van der Waals surface area (Å²) in [5.41, 5.74) is 2.02. The van der Waals surface area contributed by atoms with Crippen molar-refractivity contribution in [1.82, 2.24) is 19.7 Å². The SMILES string of the molecule is COc1nn(C)cc1C(=O)Nc1ccc(C(=O)Nc2nccc(C)n2)cc1. The fraction of sp³-hybridized carbons (Fsp3) is 0.167. The molecule has 0 bridgehead atoms. The topological polar surface area (TPSA) is 111 Å². The number of hydrogen-bond donors (Lipinski definition) is 2. The Morgan fingerprint density at radius 2 is 1.81 bits per heavy atom. The van der Waals surface area contributed by atoms with E-state index in [2.05, 4.69) is 25.7 Å². The highest BCUT2D eigenvalue weighted by Gasteiger charge is 2.16. The van der Waals surface area contributed by atoms with E-state index >= 15 is 0 Å². The maximum absolute atomic E-state index is 12.4. The number of amides is 2. The zero-order chi connectivity index (χ0) is 19.4. The van der Waals surface area contributed by atoms with Crippen LogP contribution in [0.5, 0.6) is 5.88 Å². The first-order chi connectivity index (χ1) is 13.0. The third-order valence-electron chi connectivity index (χ3n) is 3.66. The number of ether oxygens (including phenoxy) is 1. The van der Waals surface area contributed by atoms with Gasteiger partial charge in [0.1, 0.15) is 5.56 Å². The molecule has 0 aliphatic rings.